The van der Waals surface area contributed by atoms with E-state index in [0.29, 0.717) is 34.7 Å². The zero-order valence-corrected chi connectivity index (χ0v) is 23.6. The first kappa shape index (κ1) is 27.7. The fourth-order valence-corrected chi connectivity index (χ4v) is 7.77. The lowest BCUT2D eigenvalue weighted by Gasteiger charge is -2.31. The summed E-state index contributed by atoms with van der Waals surface area (Å²) in [7, 11) is -2.00. The van der Waals surface area contributed by atoms with Crippen LogP contribution in [0.15, 0.2) is 69.8 Å². The van der Waals surface area contributed by atoms with E-state index >= 15 is 0 Å². The lowest BCUT2D eigenvalue weighted by atomic mass is 10.1. The summed E-state index contributed by atoms with van der Waals surface area (Å²) in [6.45, 7) is 4.18. The van der Waals surface area contributed by atoms with Crippen molar-refractivity contribution < 1.29 is 17.9 Å². The fourth-order valence-electron chi connectivity index (χ4n) is 4.19. The van der Waals surface area contributed by atoms with Gasteiger partial charge in [0.05, 0.1) is 13.7 Å². The van der Waals surface area contributed by atoms with Crippen LogP contribution in [-0.2, 0) is 23.1 Å². The first-order valence-corrected chi connectivity index (χ1v) is 15.6. The minimum atomic E-state index is -3.55. The Hall–Kier alpha value is -2.37. The number of methoxy groups -OCH3 is 1. The van der Waals surface area contributed by atoms with Crippen molar-refractivity contribution in [2.45, 2.75) is 48.0 Å². The number of sulfonamides is 1. The van der Waals surface area contributed by atoms with Gasteiger partial charge >= 0.3 is 0 Å². The van der Waals surface area contributed by atoms with Gasteiger partial charge in [0.15, 0.2) is 0 Å². The third-order valence-corrected chi connectivity index (χ3v) is 10.6. The summed E-state index contributed by atoms with van der Waals surface area (Å²) in [6, 6.07) is 19.2. The van der Waals surface area contributed by atoms with Crippen LogP contribution < -0.4 is 15.4 Å². The second-order valence-electron chi connectivity index (χ2n) is 8.77. The molecule has 2 aromatic carbocycles. The van der Waals surface area contributed by atoms with Crippen molar-refractivity contribution in [2.75, 3.05) is 26.0 Å². The van der Waals surface area contributed by atoms with Crippen molar-refractivity contribution in [2.24, 2.45) is 0 Å². The lowest BCUT2D eigenvalue weighted by Crippen LogP contribution is -2.44. The Bertz CT molecular complexity index is 1280. The number of amides is 1. The smallest absolute Gasteiger partial charge is 0.252 e. The van der Waals surface area contributed by atoms with E-state index in [1.807, 2.05) is 11.8 Å². The standard InChI is InChI=1S/C27H33N3O4S3/c1-3-35-24-9-7-20(8-10-24)18-28-22-13-15-30(16-14-22)37(32,33)26-12-11-25(36-26)19-29-27(31)21-5-4-6-23(17-21)34-2/h4-12,17,22,28H,3,13-16,18-19H2,1-2H3,(H,29,31). The van der Waals surface area contributed by atoms with Crippen molar-refractivity contribution in [3.8, 4) is 5.75 Å². The van der Waals surface area contributed by atoms with E-state index in [2.05, 4.69) is 41.8 Å². The molecule has 1 aliphatic heterocycles. The van der Waals surface area contributed by atoms with E-state index in [1.54, 1.807) is 47.8 Å². The predicted octanol–water partition coefficient (Wildman–Crippen LogP) is 4.74. The molecule has 1 fully saturated rings. The number of hydrogen-bond donors (Lipinski definition) is 2. The summed E-state index contributed by atoms with van der Waals surface area (Å²) in [6.07, 6.45) is 1.55. The monoisotopic (exact) mass is 559 g/mol. The number of carbonyl (C=O) groups excluding carboxylic acids is 1. The molecule has 1 saturated heterocycles. The summed E-state index contributed by atoms with van der Waals surface area (Å²) < 4.78 is 33.5. The van der Waals surface area contributed by atoms with Gasteiger partial charge in [-0.3, -0.25) is 4.79 Å². The van der Waals surface area contributed by atoms with Crippen molar-refractivity contribution >= 4 is 39.0 Å². The SMILES string of the molecule is CCSc1ccc(CNC2CCN(S(=O)(=O)c3ccc(CNC(=O)c4cccc(OC)c4)s3)CC2)cc1. The van der Waals surface area contributed by atoms with Crippen LogP contribution in [0, 0.1) is 0 Å². The Morgan fingerprint density at radius 2 is 1.84 bits per heavy atom. The molecular weight excluding hydrogens is 527 g/mol. The van der Waals surface area contributed by atoms with Gasteiger partial charge in [0.25, 0.3) is 15.9 Å². The van der Waals surface area contributed by atoms with Gasteiger partial charge in [-0.2, -0.15) is 4.31 Å². The van der Waals surface area contributed by atoms with E-state index in [9.17, 15) is 13.2 Å². The molecule has 2 N–H and O–H groups in total. The van der Waals surface area contributed by atoms with E-state index in [0.717, 1.165) is 30.0 Å². The van der Waals surface area contributed by atoms with Gasteiger partial charge < -0.3 is 15.4 Å². The van der Waals surface area contributed by atoms with Gasteiger partial charge in [-0.15, -0.1) is 23.1 Å². The highest BCUT2D eigenvalue weighted by Crippen LogP contribution is 2.27. The lowest BCUT2D eigenvalue weighted by molar-refractivity contribution is 0.0951. The van der Waals surface area contributed by atoms with Gasteiger partial charge in [-0.05, 0) is 66.6 Å². The third kappa shape index (κ3) is 7.36. The van der Waals surface area contributed by atoms with Crippen molar-refractivity contribution in [3.63, 3.8) is 0 Å². The minimum absolute atomic E-state index is 0.234. The highest BCUT2D eigenvalue weighted by Gasteiger charge is 2.30. The van der Waals surface area contributed by atoms with Gasteiger partial charge in [0.2, 0.25) is 0 Å². The largest absolute Gasteiger partial charge is 0.497 e. The normalized spacial score (nSPS) is 15.0. The van der Waals surface area contributed by atoms with E-state index in [4.69, 9.17) is 4.74 Å². The molecular formula is C27H33N3O4S3. The molecule has 0 unspecified atom stereocenters. The summed E-state index contributed by atoms with van der Waals surface area (Å²) in [5.41, 5.74) is 1.73. The maximum atomic E-state index is 13.2. The zero-order valence-electron chi connectivity index (χ0n) is 21.1. The summed E-state index contributed by atoms with van der Waals surface area (Å²) >= 11 is 3.04. The number of thiophene rings is 1. The Morgan fingerprint density at radius 1 is 1.08 bits per heavy atom. The molecule has 3 aromatic rings. The van der Waals surface area contributed by atoms with Crippen LogP contribution in [0.4, 0.5) is 0 Å². The maximum absolute atomic E-state index is 13.2. The van der Waals surface area contributed by atoms with Crippen LogP contribution in [0.1, 0.15) is 40.6 Å². The molecule has 0 saturated carbocycles. The van der Waals surface area contributed by atoms with Crippen LogP contribution >= 0.6 is 23.1 Å². The average molecular weight is 560 g/mol. The average Bonchev–Trinajstić information content (AvgIpc) is 3.42. The molecule has 10 heteroatoms. The first-order chi connectivity index (χ1) is 17.9. The van der Waals surface area contributed by atoms with E-state index in [-0.39, 0.29) is 12.5 Å². The number of ether oxygens (including phenoxy) is 1. The molecule has 0 aliphatic carbocycles. The second kappa shape index (κ2) is 12.9. The van der Waals surface area contributed by atoms with E-state index < -0.39 is 10.0 Å². The van der Waals surface area contributed by atoms with Crippen LogP contribution in [0.3, 0.4) is 0 Å². The minimum Gasteiger partial charge on any atom is -0.497 e. The number of thioether (sulfide) groups is 1. The number of benzene rings is 2. The zero-order chi connectivity index (χ0) is 26.3. The molecule has 1 aliphatic rings. The molecule has 0 bridgehead atoms. The van der Waals surface area contributed by atoms with Crippen LogP contribution in [0.5, 0.6) is 5.75 Å². The van der Waals surface area contributed by atoms with E-state index in [1.165, 1.54) is 21.8 Å². The van der Waals surface area contributed by atoms with Crippen molar-refractivity contribution in [3.05, 3.63) is 76.7 Å². The molecule has 1 amide bonds. The maximum Gasteiger partial charge on any atom is 0.252 e. The van der Waals surface area contributed by atoms with Crippen LogP contribution in [-0.4, -0.2) is 50.6 Å². The van der Waals surface area contributed by atoms with Gasteiger partial charge in [0, 0.05) is 41.0 Å². The number of nitrogens with zero attached hydrogens (tertiary/aromatic N) is 1. The Balaban J connectivity index is 1.26. The Morgan fingerprint density at radius 3 is 2.54 bits per heavy atom. The van der Waals surface area contributed by atoms with Crippen LogP contribution in [0.25, 0.3) is 0 Å². The van der Waals surface area contributed by atoms with Gasteiger partial charge in [-0.1, -0.05) is 25.1 Å². The highest BCUT2D eigenvalue weighted by atomic mass is 32.2. The van der Waals surface area contributed by atoms with Gasteiger partial charge in [-0.25, -0.2) is 8.42 Å². The molecule has 37 heavy (non-hydrogen) atoms. The van der Waals surface area contributed by atoms with Crippen molar-refractivity contribution in [1.82, 2.24) is 14.9 Å². The molecule has 0 spiro atoms. The summed E-state index contributed by atoms with van der Waals surface area (Å²) in [5.74, 6) is 1.44. The number of nitrogens with one attached hydrogen (secondary N) is 2. The van der Waals surface area contributed by atoms with Crippen LogP contribution in [0.2, 0.25) is 0 Å². The molecule has 1 aromatic heterocycles. The Labute approximate surface area is 227 Å². The summed E-state index contributed by atoms with van der Waals surface area (Å²) in [5, 5.41) is 6.43. The topological polar surface area (TPSA) is 87.7 Å². The quantitative estimate of drug-likeness (QED) is 0.330. The molecule has 0 radical (unpaired) electrons. The van der Waals surface area contributed by atoms with Gasteiger partial charge in [0.1, 0.15) is 9.96 Å². The molecule has 7 nitrogen and oxygen atoms in total. The highest BCUT2D eigenvalue weighted by molar-refractivity contribution is 7.99. The molecule has 4 rings (SSSR count). The fraction of sp³-hybridized carbons (Fsp3) is 0.370. The number of piperidine rings is 1. The second-order valence-corrected chi connectivity index (χ2v) is 13.4. The molecule has 2 heterocycles. The number of hydrogen-bond acceptors (Lipinski definition) is 7. The first-order valence-electron chi connectivity index (χ1n) is 12.3. The van der Waals surface area contributed by atoms with Crippen molar-refractivity contribution in [1.29, 1.82) is 0 Å². The number of carbonyl (C=O) groups is 1. The number of rotatable bonds is 11. The predicted molar refractivity (Wildman–Crippen MR) is 150 cm³/mol. The summed E-state index contributed by atoms with van der Waals surface area (Å²) in [4.78, 5) is 14.5. The third-order valence-electron chi connectivity index (χ3n) is 6.27. The molecule has 0 atom stereocenters. The molecule has 198 valence electrons. The Kier molecular flexibility index (Phi) is 9.66.